The summed E-state index contributed by atoms with van der Waals surface area (Å²) in [4.78, 5) is 15.5. The molecule has 0 aliphatic heterocycles. The van der Waals surface area contributed by atoms with Crippen molar-refractivity contribution in [2.75, 3.05) is 0 Å². The summed E-state index contributed by atoms with van der Waals surface area (Å²) in [5.74, 6) is 0. The van der Waals surface area contributed by atoms with Crippen LogP contribution in [0, 0.1) is 13.8 Å². The van der Waals surface area contributed by atoms with E-state index in [9.17, 15) is 4.79 Å². The fourth-order valence-electron chi connectivity index (χ4n) is 1.05. The van der Waals surface area contributed by atoms with E-state index in [-0.39, 0.29) is 5.56 Å². The Morgan fingerprint density at radius 2 is 2.25 bits per heavy atom. The highest BCUT2D eigenvalue weighted by Crippen LogP contribution is 2.10. The van der Waals surface area contributed by atoms with Gasteiger partial charge in [0.15, 0.2) is 0 Å². The Kier molecular flexibility index (Phi) is 1.47. The van der Waals surface area contributed by atoms with Gasteiger partial charge in [0, 0.05) is 11.8 Å². The molecule has 2 rings (SSSR count). The second kappa shape index (κ2) is 2.38. The molecule has 0 saturated heterocycles. The van der Waals surface area contributed by atoms with Gasteiger partial charge in [-0.3, -0.25) is 4.79 Å². The van der Waals surface area contributed by atoms with Crippen molar-refractivity contribution in [1.29, 1.82) is 0 Å². The Morgan fingerprint density at radius 3 is 3.00 bits per heavy atom. The van der Waals surface area contributed by atoms with Crippen LogP contribution in [0.5, 0.6) is 0 Å². The van der Waals surface area contributed by atoms with E-state index >= 15 is 0 Å². The summed E-state index contributed by atoms with van der Waals surface area (Å²) in [6.45, 7) is 3.73. The van der Waals surface area contributed by atoms with Crippen molar-refractivity contribution in [2.24, 2.45) is 0 Å². The van der Waals surface area contributed by atoms with Crippen LogP contribution >= 0.6 is 11.3 Å². The Hall–Kier alpha value is -1.23. The van der Waals surface area contributed by atoms with Gasteiger partial charge in [0.25, 0.3) is 5.56 Å². The van der Waals surface area contributed by atoms with Gasteiger partial charge >= 0.3 is 0 Å². The predicted octanol–water partition coefficient (Wildman–Crippen LogP) is 0.768. The van der Waals surface area contributed by atoms with Gasteiger partial charge in [-0.1, -0.05) is 11.3 Å². The van der Waals surface area contributed by atoms with Crippen molar-refractivity contribution >= 4 is 16.3 Å². The minimum atomic E-state index is -0.198. The van der Waals surface area contributed by atoms with Crippen LogP contribution in [0.15, 0.2) is 10.9 Å². The molecule has 0 unspecified atom stereocenters. The zero-order valence-electron chi connectivity index (χ0n) is 6.74. The minimum absolute atomic E-state index is 0.198. The molecule has 0 aliphatic rings. The topological polar surface area (TPSA) is 47.3 Å². The number of nitrogens with zero attached hydrogens (tertiary/aromatic N) is 3. The van der Waals surface area contributed by atoms with Gasteiger partial charge in [0.1, 0.15) is 5.01 Å². The lowest BCUT2D eigenvalue weighted by molar-refractivity contribution is 0.871. The monoisotopic (exact) mass is 181 g/mol. The fraction of sp³-hybridized carbons (Fsp3) is 0.286. The Morgan fingerprint density at radius 1 is 1.50 bits per heavy atom. The summed E-state index contributed by atoms with van der Waals surface area (Å²) < 4.78 is 1.68. The predicted molar refractivity (Wildman–Crippen MR) is 46.6 cm³/mol. The Labute approximate surface area is 72.5 Å². The van der Waals surface area contributed by atoms with Crippen LogP contribution in [0.3, 0.4) is 0 Å². The standard InChI is InChI=1S/C7H7N3OS/c1-4-3-6(11)8-7-10(4)9-5(2)12-7/h3H,1-2H3. The van der Waals surface area contributed by atoms with E-state index in [0.717, 1.165) is 10.7 Å². The lowest BCUT2D eigenvalue weighted by Crippen LogP contribution is -2.08. The molecular formula is C7H7N3OS. The summed E-state index contributed by atoms with van der Waals surface area (Å²) in [7, 11) is 0. The third-order valence-corrected chi connectivity index (χ3v) is 2.36. The van der Waals surface area contributed by atoms with Gasteiger partial charge in [0.2, 0.25) is 4.96 Å². The van der Waals surface area contributed by atoms with E-state index in [4.69, 9.17) is 0 Å². The molecule has 4 nitrogen and oxygen atoms in total. The molecule has 0 aliphatic carbocycles. The minimum Gasteiger partial charge on any atom is -0.267 e. The largest absolute Gasteiger partial charge is 0.274 e. The zero-order chi connectivity index (χ0) is 8.72. The summed E-state index contributed by atoms with van der Waals surface area (Å²) >= 11 is 1.42. The molecular weight excluding hydrogens is 174 g/mol. The first-order valence-electron chi connectivity index (χ1n) is 3.51. The third kappa shape index (κ3) is 1.02. The van der Waals surface area contributed by atoms with Gasteiger partial charge < -0.3 is 0 Å². The summed E-state index contributed by atoms with van der Waals surface area (Å²) in [5, 5.41) is 5.10. The van der Waals surface area contributed by atoms with Crippen LogP contribution in [0.25, 0.3) is 4.96 Å². The Balaban J connectivity index is 2.97. The van der Waals surface area contributed by atoms with Crippen LogP contribution in [-0.4, -0.2) is 14.6 Å². The van der Waals surface area contributed by atoms with E-state index in [1.807, 2.05) is 13.8 Å². The maximum Gasteiger partial charge on any atom is 0.274 e. The molecule has 12 heavy (non-hydrogen) atoms. The maximum absolute atomic E-state index is 11.0. The van der Waals surface area contributed by atoms with E-state index < -0.39 is 0 Å². The van der Waals surface area contributed by atoms with Gasteiger partial charge in [0.05, 0.1) is 0 Å². The average Bonchev–Trinajstić information content (AvgIpc) is 2.29. The van der Waals surface area contributed by atoms with Crippen LogP contribution in [0.4, 0.5) is 0 Å². The quantitative estimate of drug-likeness (QED) is 0.603. The van der Waals surface area contributed by atoms with Gasteiger partial charge in [-0.25, -0.2) is 4.52 Å². The molecule has 0 saturated carbocycles. The van der Waals surface area contributed by atoms with Gasteiger partial charge in [-0.15, -0.1) is 0 Å². The third-order valence-electron chi connectivity index (χ3n) is 1.53. The summed E-state index contributed by atoms with van der Waals surface area (Å²) in [6, 6.07) is 1.48. The molecule has 0 N–H and O–H groups in total. The molecule has 0 atom stereocenters. The van der Waals surface area contributed by atoms with Gasteiger partial charge in [-0.2, -0.15) is 10.1 Å². The molecule has 2 heterocycles. The van der Waals surface area contributed by atoms with E-state index in [1.54, 1.807) is 4.52 Å². The summed E-state index contributed by atoms with van der Waals surface area (Å²) in [5.41, 5.74) is 0.630. The second-order valence-electron chi connectivity index (χ2n) is 2.55. The first kappa shape index (κ1) is 7.42. The molecule has 0 spiro atoms. The molecule has 0 radical (unpaired) electrons. The molecule has 0 fully saturated rings. The van der Waals surface area contributed by atoms with E-state index in [0.29, 0.717) is 4.96 Å². The lowest BCUT2D eigenvalue weighted by Gasteiger charge is -1.92. The van der Waals surface area contributed by atoms with Crippen molar-refractivity contribution < 1.29 is 0 Å². The van der Waals surface area contributed by atoms with Crippen molar-refractivity contribution in [3.63, 3.8) is 0 Å². The number of aromatic nitrogens is 3. The molecule has 2 aromatic rings. The normalized spacial score (nSPS) is 10.8. The molecule has 2 aromatic heterocycles. The first-order valence-corrected chi connectivity index (χ1v) is 4.32. The van der Waals surface area contributed by atoms with Crippen molar-refractivity contribution in [1.82, 2.24) is 14.6 Å². The second-order valence-corrected chi connectivity index (χ2v) is 3.71. The number of rotatable bonds is 0. The van der Waals surface area contributed by atoms with Crippen molar-refractivity contribution in [3.05, 3.63) is 27.1 Å². The van der Waals surface area contributed by atoms with Gasteiger partial charge in [-0.05, 0) is 13.8 Å². The highest BCUT2D eigenvalue weighted by Gasteiger charge is 2.02. The molecule has 0 bridgehead atoms. The van der Waals surface area contributed by atoms with Crippen LogP contribution in [0.2, 0.25) is 0 Å². The first-order chi connectivity index (χ1) is 5.66. The zero-order valence-corrected chi connectivity index (χ0v) is 7.55. The number of hydrogen-bond donors (Lipinski definition) is 0. The smallest absolute Gasteiger partial charge is 0.267 e. The highest BCUT2D eigenvalue weighted by molar-refractivity contribution is 7.16. The van der Waals surface area contributed by atoms with E-state index in [1.165, 1.54) is 17.4 Å². The number of hydrogen-bond acceptors (Lipinski definition) is 4. The summed E-state index contributed by atoms with van der Waals surface area (Å²) in [6.07, 6.45) is 0. The molecule has 0 amide bonds. The maximum atomic E-state index is 11.0. The number of aryl methyl sites for hydroxylation is 2. The lowest BCUT2D eigenvalue weighted by atomic mass is 10.5. The SMILES string of the molecule is Cc1nn2c(C)cc(=O)nc2s1. The van der Waals surface area contributed by atoms with E-state index in [2.05, 4.69) is 10.1 Å². The van der Waals surface area contributed by atoms with Crippen molar-refractivity contribution in [3.8, 4) is 0 Å². The van der Waals surface area contributed by atoms with Crippen LogP contribution in [-0.2, 0) is 0 Å². The highest BCUT2D eigenvalue weighted by atomic mass is 32.1. The average molecular weight is 181 g/mol. The van der Waals surface area contributed by atoms with Crippen molar-refractivity contribution in [2.45, 2.75) is 13.8 Å². The fourth-order valence-corrected chi connectivity index (χ4v) is 1.84. The molecule has 5 heteroatoms. The van der Waals surface area contributed by atoms with Crippen LogP contribution < -0.4 is 5.56 Å². The van der Waals surface area contributed by atoms with Crippen LogP contribution in [0.1, 0.15) is 10.7 Å². The Bertz CT molecular complexity index is 485. The molecule has 62 valence electrons. The number of fused-ring (bicyclic) bond motifs is 1. The molecule has 0 aromatic carbocycles.